The number of aryl methyl sites for hydroxylation is 1. The van der Waals surface area contributed by atoms with Gasteiger partial charge in [-0.25, -0.2) is 9.18 Å². The van der Waals surface area contributed by atoms with Crippen molar-refractivity contribution in [1.29, 1.82) is 0 Å². The molecule has 6 nitrogen and oxygen atoms in total. The van der Waals surface area contributed by atoms with E-state index in [-0.39, 0.29) is 24.0 Å². The van der Waals surface area contributed by atoms with Gasteiger partial charge in [0.25, 0.3) is 5.91 Å². The highest BCUT2D eigenvalue weighted by molar-refractivity contribution is 5.91. The maximum Gasteiger partial charge on any atom is 0.357 e. The molecule has 1 atom stereocenters. The summed E-state index contributed by atoms with van der Waals surface area (Å²) in [5.74, 6) is -1.43. The Morgan fingerprint density at radius 3 is 2.59 bits per heavy atom. The van der Waals surface area contributed by atoms with Gasteiger partial charge in [0.15, 0.2) is 6.10 Å². The van der Waals surface area contributed by atoms with E-state index in [4.69, 9.17) is 4.74 Å². The number of H-pyrrole nitrogens is 1. The largest absolute Gasteiger partial charge is 0.448 e. The standard InChI is InChI=1S/C22H22FN3O3/c1-14-7-9-17(10-8-14)19-12-20(25-24-19)22(28)29-15(2)21(27)26(3)13-16-5-4-6-18(23)11-16/h4-12,15H,13H2,1-3H3,(H,24,25)/t15-/m1/s1. The van der Waals surface area contributed by atoms with Gasteiger partial charge in [-0.1, -0.05) is 42.0 Å². The second-order valence-electron chi connectivity index (χ2n) is 6.90. The van der Waals surface area contributed by atoms with Crippen LogP contribution in [0.5, 0.6) is 0 Å². The molecule has 0 aliphatic carbocycles. The van der Waals surface area contributed by atoms with E-state index in [1.165, 1.54) is 24.0 Å². The van der Waals surface area contributed by atoms with Gasteiger partial charge in [-0.2, -0.15) is 5.10 Å². The van der Waals surface area contributed by atoms with Crippen LogP contribution in [0.3, 0.4) is 0 Å². The van der Waals surface area contributed by atoms with Gasteiger partial charge in [-0.05, 0) is 37.6 Å². The molecular formula is C22H22FN3O3. The molecule has 0 unspecified atom stereocenters. The van der Waals surface area contributed by atoms with Crippen molar-refractivity contribution >= 4 is 11.9 Å². The van der Waals surface area contributed by atoms with Crippen LogP contribution in [0.25, 0.3) is 11.3 Å². The monoisotopic (exact) mass is 395 g/mol. The number of hydrogen-bond acceptors (Lipinski definition) is 4. The fourth-order valence-electron chi connectivity index (χ4n) is 2.87. The number of esters is 1. The van der Waals surface area contributed by atoms with Gasteiger partial charge in [-0.15, -0.1) is 0 Å². The molecule has 0 bridgehead atoms. The molecule has 0 radical (unpaired) electrons. The van der Waals surface area contributed by atoms with Crippen molar-refractivity contribution in [3.05, 3.63) is 77.2 Å². The van der Waals surface area contributed by atoms with E-state index in [0.717, 1.165) is 11.1 Å². The topological polar surface area (TPSA) is 75.3 Å². The summed E-state index contributed by atoms with van der Waals surface area (Å²) in [4.78, 5) is 26.2. The highest BCUT2D eigenvalue weighted by Gasteiger charge is 2.23. The van der Waals surface area contributed by atoms with E-state index in [1.807, 2.05) is 31.2 Å². The molecule has 0 saturated heterocycles. The van der Waals surface area contributed by atoms with Gasteiger partial charge in [0.2, 0.25) is 0 Å². The Hall–Kier alpha value is -3.48. The summed E-state index contributed by atoms with van der Waals surface area (Å²) in [6, 6.07) is 15.3. The quantitative estimate of drug-likeness (QED) is 0.646. The number of halogens is 1. The van der Waals surface area contributed by atoms with Crippen molar-refractivity contribution in [2.24, 2.45) is 0 Å². The molecule has 0 fully saturated rings. The minimum Gasteiger partial charge on any atom is -0.448 e. The number of aromatic nitrogens is 2. The lowest BCUT2D eigenvalue weighted by atomic mass is 10.1. The minimum atomic E-state index is -0.993. The number of likely N-dealkylation sites (N-methyl/N-ethyl adjacent to an activating group) is 1. The third-order valence-electron chi connectivity index (χ3n) is 4.46. The first-order valence-corrected chi connectivity index (χ1v) is 9.16. The fraction of sp³-hybridized carbons (Fsp3) is 0.227. The number of nitrogens with one attached hydrogen (secondary N) is 1. The van der Waals surface area contributed by atoms with Crippen LogP contribution in [-0.2, 0) is 16.1 Å². The van der Waals surface area contributed by atoms with Gasteiger partial charge >= 0.3 is 5.97 Å². The average molecular weight is 395 g/mol. The van der Waals surface area contributed by atoms with E-state index >= 15 is 0 Å². The highest BCUT2D eigenvalue weighted by Crippen LogP contribution is 2.19. The minimum absolute atomic E-state index is 0.160. The number of nitrogens with zero attached hydrogens (tertiary/aromatic N) is 2. The second-order valence-corrected chi connectivity index (χ2v) is 6.90. The molecule has 1 heterocycles. The number of hydrogen-bond donors (Lipinski definition) is 1. The van der Waals surface area contributed by atoms with E-state index in [9.17, 15) is 14.0 Å². The van der Waals surface area contributed by atoms with Crippen LogP contribution >= 0.6 is 0 Å². The van der Waals surface area contributed by atoms with Crippen molar-refractivity contribution in [1.82, 2.24) is 15.1 Å². The first-order valence-electron chi connectivity index (χ1n) is 9.16. The zero-order valence-electron chi connectivity index (χ0n) is 16.5. The molecule has 150 valence electrons. The van der Waals surface area contributed by atoms with Crippen LogP contribution in [0, 0.1) is 12.7 Å². The number of carbonyl (C=O) groups is 2. The summed E-state index contributed by atoms with van der Waals surface area (Å²) in [6.45, 7) is 3.69. The molecule has 0 saturated carbocycles. The van der Waals surface area contributed by atoms with Crippen LogP contribution in [0.1, 0.15) is 28.5 Å². The fourth-order valence-corrected chi connectivity index (χ4v) is 2.87. The van der Waals surface area contributed by atoms with Crippen molar-refractivity contribution in [3.8, 4) is 11.3 Å². The Kier molecular flexibility index (Phi) is 6.07. The normalized spacial score (nSPS) is 11.7. The third-order valence-corrected chi connectivity index (χ3v) is 4.46. The maximum absolute atomic E-state index is 13.3. The Morgan fingerprint density at radius 2 is 1.90 bits per heavy atom. The molecule has 2 aromatic carbocycles. The summed E-state index contributed by atoms with van der Waals surface area (Å²) in [5, 5.41) is 6.78. The summed E-state index contributed by atoms with van der Waals surface area (Å²) >= 11 is 0. The average Bonchev–Trinajstić information content (AvgIpc) is 3.18. The Morgan fingerprint density at radius 1 is 1.17 bits per heavy atom. The first kappa shape index (κ1) is 20.3. The van der Waals surface area contributed by atoms with Crippen LogP contribution in [0.4, 0.5) is 4.39 Å². The lowest BCUT2D eigenvalue weighted by Crippen LogP contribution is -2.37. The highest BCUT2D eigenvalue weighted by atomic mass is 19.1. The van der Waals surface area contributed by atoms with Crippen molar-refractivity contribution in [3.63, 3.8) is 0 Å². The molecule has 0 spiro atoms. The van der Waals surface area contributed by atoms with Crippen LogP contribution in [-0.4, -0.2) is 40.1 Å². The summed E-state index contributed by atoms with van der Waals surface area (Å²) in [5.41, 5.74) is 3.41. The van der Waals surface area contributed by atoms with Crippen LogP contribution in [0.2, 0.25) is 0 Å². The molecule has 7 heteroatoms. The van der Waals surface area contributed by atoms with Crippen molar-refractivity contribution in [2.75, 3.05) is 7.05 Å². The smallest absolute Gasteiger partial charge is 0.357 e. The number of ether oxygens (including phenoxy) is 1. The number of amides is 1. The van der Waals surface area contributed by atoms with Crippen molar-refractivity contribution in [2.45, 2.75) is 26.5 Å². The lowest BCUT2D eigenvalue weighted by Gasteiger charge is -2.21. The lowest BCUT2D eigenvalue weighted by molar-refractivity contribution is -0.139. The maximum atomic E-state index is 13.3. The Balaban J connectivity index is 1.61. The Labute approximate surface area is 168 Å². The van der Waals surface area contributed by atoms with Gasteiger partial charge in [0.05, 0.1) is 5.69 Å². The zero-order valence-corrected chi connectivity index (χ0v) is 16.5. The second kappa shape index (κ2) is 8.68. The molecule has 29 heavy (non-hydrogen) atoms. The zero-order chi connectivity index (χ0) is 21.0. The third kappa shape index (κ3) is 5.07. The van der Waals surface area contributed by atoms with Gasteiger partial charge in [0.1, 0.15) is 11.5 Å². The van der Waals surface area contributed by atoms with E-state index < -0.39 is 12.1 Å². The van der Waals surface area contributed by atoms with Gasteiger partial charge < -0.3 is 9.64 Å². The summed E-state index contributed by atoms with van der Waals surface area (Å²) < 4.78 is 18.6. The predicted molar refractivity (Wildman–Crippen MR) is 107 cm³/mol. The predicted octanol–water partition coefficient (Wildman–Crippen LogP) is 3.73. The van der Waals surface area contributed by atoms with E-state index in [1.54, 1.807) is 25.2 Å². The van der Waals surface area contributed by atoms with Crippen LogP contribution < -0.4 is 0 Å². The van der Waals surface area contributed by atoms with E-state index in [0.29, 0.717) is 11.3 Å². The molecule has 1 N–H and O–H groups in total. The SMILES string of the molecule is Cc1ccc(-c2cc(C(=O)O[C@H](C)C(=O)N(C)Cc3cccc(F)c3)[nH]n2)cc1. The number of benzene rings is 2. The van der Waals surface area contributed by atoms with Gasteiger partial charge in [-0.3, -0.25) is 9.89 Å². The number of aromatic amines is 1. The summed E-state index contributed by atoms with van der Waals surface area (Å²) in [7, 11) is 1.57. The molecule has 1 aromatic heterocycles. The first-order chi connectivity index (χ1) is 13.8. The summed E-state index contributed by atoms with van der Waals surface area (Å²) in [6.07, 6.45) is -0.993. The molecule has 3 aromatic rings. The molecular weight excluding hydrogens is 373 g/mol. The molecule has 0 aliphatic rings. The van der Waals surface area contributed by atoms with Crippen molar-refractivity contribution < 1.29 is 18.7 Å². The van der Waals surface area contributed by atoms with Gasteiger partial charge in [0, 0.05) is 19.2 Å². The molecule has 0 aliphatic heterocycles. The van der Waals surface area contributed by atoms with E-state index in [2.05, 4.69) is 10.2 Å². The molecule has 3 rings (SSSR count). The number of rotatable bonds is 6. The Bertz CT molecular complexity index is 1010. The molecule has 1 amide bonds. The number of carbonyl (C=O) groups excluding carboxylic acids is 2. The van der Waals surface area contributed by atoms with Crippen LogP contribution in [0.15, 0.2) is 54.6 Å².